The molecule has 0 amide bonds. The van der Waals surface area contributed by atoms with Crippen molar-refractivity contribution in [3.63, 3.8) is 0 Å². The highest BCUT2D eigenvalue weighted by molar-refractivity contribution is 7.99. The van der Waals surface area contributed by atoms with E-state index in [2.05, 4.69) is 36.0 Å². The lowest BCUT2D eigenvalue weighted by Crippen LogP contribution is -2.19. The quantitative estimate of drug-likeness (QED) is 0.887. The predicted molar refractivity (Wildman–Crippen MR) is 75.7 cm³/mol. The molecule has 1 heterocycles. The molecule has 2 N–H and O–H groups in total. The zero-order chi connectivity index (χ0) is 11.7. The molecule has 2 heteroatoms. The molecule has 1 aliphatic carbocycles. The fourth-order valence-electron chi connectivity index (χ4n) is 2.90. The van der Waals surface area contributed by atoms with E-state index in [4.69, 9.17) is 5.73 Å². The second kappa shape index (κ2) is 4.66. The van der Waals surface area contributed by atoms with Crippen LogP contribution in [-0.2, 0) is 5.41 Å². The summed E-state index contributed by atoms with van der Waals surface area (Å²) in [5.41, 5.74) is 9.24. The van der Waals surface area contributed by atoms with Gasteiger partial charge in [0.05, 0.1) is 0 Å². The van der Waals surface area contributed by atoms with E-state index < -0.39 is 0 Å². The lowest BCUT2D eigenvalue weighted by atomic mass is 9.89. The first-order valence-corrected chi connectivity index (χ1v) is 7.88. The van der Waals surface area contributed by atoms with Gasteiger partial charge in [-0.05, 0) is 54.2 Å². The maximum Gasteiger partial charge on any atom is 0.00762 e. The predicted octanol–water partition coefficient (Wildman–Crippen LogP) is 3.29. The molecule has 0 radical (unpaired) electrons. The number of hydrogen-bond donors (Lipinski definition) is 1. The van der Waals surface area contributed by atoms with Crippen molar-refractivity contribution in [3.05, 3.63) is 35.4 Å². The van der Waals surface area contributed by atoms with Crippen LogP contribution in [0.2, 0.25) is 0 Å². The van der Waals surface area contributed by atoms with E-state index in [1.54, 1.807) is 5.56 Å². The van der Waals surface area contributed by atoms with Crippen LogP contribution in [0.1, 0.15) is 42.7 Å². The monoisotopic (exact) mass is 247 g/mol. The maximum absolute atomic E-state index is 5.88. The van der Waals surface area contributed by atoms with E-state index in [-0.39, 0.29) is 0 Å². The van der Waals surface area contributed by atoms with Gasteiger partial charge in [-0.15, -0.1) is 0 Å². The number of thioether (sulfide) groups is 1. The summed E-state index contributed by atoms with van der Waals surface area (Å²) >= 11 is 2.10. The van der Waals surface area contributed by atoms with Gasteiger partial charge < -0.3 is 5.73 Å². The average Bonchev–Trinajstić information content (AvgIpc) is 3.21. The van der Waals surface area contributed by atoms with E-state index in [0.717, 1.165) is 12.5 Å². The minimum absolute atomic E-state index is 0.348. The van der Waals surface area contributed by atoms with Gasteiger partial charge in [-0.25, -0.2) is 0 Å². The van der Waals surface area contributed by atoms with Crippen molar-refractivity contribution in [2.24, 2.45) is 5.73 Å². The first-order valence-electron chi connectivity index (χ1n) is 6.72. The molecule has 0 spiro atoms. The average molecular weight is 247 g/mol. The summed E-state index contributed by atoms with van der Waals surface area (Å²) in [5.74, 6) is 3.47. The minimum atomic E-state index is 0.348. The van der Waals surface area contributed by atoms with Crippen molar-refractivity contribution < 1.29 is 0 Å². The Labute approximate surface area is 108 Å². The van der Waals surface area contributed by atoms with E-state index in [1.807, 2.05) is 0 Å². The van der Waals surface area contributed by atoms with Crippen LogP contribution in [-0.4, -0.2) is 18.1 Å². The zero-order valence-electron chi connectivity index (χ0n) is 10.3. The first kappa shape index (κ1) is 11.6. The highest BCUT2D eigenvalue weighted by Crippen LogP contribution is 2.47. The van der Waals surface area contributed by atoms with Crippen LogP contribution in [0.3, 0.4) is 0 Å². The lowest BCUT2D eigenvalue weighted by molar-refractivity contribution is 0.635. The number of nitrogens with two attached hydrogens (primary N) is 1. The summed E-state index contributed by atoms with van der Waals surface area (Å²) < 4.78 is 0. The molecule has 3 rings (SSSR count). The van der Waals surface area contributed by atoms with Gasteiger partial charge in [-0.1, -0.05) is 24.3 Å². The van der Waals surface area contributed by atoms with Gasteiger partial charge in [-0.2, -0.15) is 11.8 Å². The Balaban J connectivity index is 1.75. The number of rotatable bonds is 3. The summed E-state index contributed by atoms with van der Waals surface area (Å²) in [6.07, 6.45) is 5.27. The maximum atomic E-state index is 5.88. The van der Waals surface area contributed by atoms with Gasteiger partial charge in [0.2, 0.25) is 0 Å². The van der Waals surface area contributed by atoms with Crippen molar-refractivity contribution in [1.29, 1.82) is 0 Å². The minimum Gasteiger partial charge on any atom is -0.330 e. The Morgan fingerprint density at radius 3 is 2.29 bits per heavy atom. The first-order chi connectivity index (χ1) is 8.34. The van der Waals surface area contributed by atoms with Gasteiger partial charge in [0, 0.05) is 12.0 Å². The summed E-state index contributed by atoms with van der Waals surface area (Å²) in [4.78, 5) is 0. The van der Waals surface area contributed by atoms with Gasteiger partial charge in [0.25, 0.3) is 0 Å². The van der Waals surface area contributed by atoms with Crippen molar-refractivity contribution >= 4 is 11.8 Å². The Bertz CT molecular complexity index is 374. The zero-order valence-corrected chi connectivity index (χ0v) is 11.1. The van der Waals surface area contributed by atoms with Crippen molar-refractivity contribution in [3.8, 4) is 0 Å². The molecule has 0 atom stereocenters. The Morgan fingerprint density at radius 2 is 1.76 bits per heavy atom. The fraction of sp³-hybridized carbons (Fsp3) is 0.600. The van der Waals surface area contributed by atoms with Crippen LogP contribution in [0.15, 0.2) is 24.3 Å². The second-order valence-electron chi connectivity index (χ2n) is 5.49. The molecule has 92 valence electrons. The van der Waals surface area contributed by atoms with Crippen LogP contribution >= 0.6 is 11.8 Å². The SMILES string of the molecule is NCC1(c2ccc(C3CCSCC3)cc2)CC1. The Kier molecular flexibility index (Phi) is 3.18. The third-order valence-electron chi connectivity index (χ3n) is 4.46. The van der Waals surface area contributed by atoms with E-state index >= 15 is 0 Å². The van der Waals surface area contributed by atoms with E-state index in [0.29, 0.717) is 5.41 Å². The third kappa shape index (κ3) is 2.25. The van der Waals surface area contributed by atoms with Crippen LogP contribution in [0.25, 0.3) is 0 Å². The second-order valence-corrected chi connectivity index (χ2v) is 6.72. The molecule has 1 saturated carbocycles. The van der Waals surface area contributed by atoms with Crippen LogP contribution < -0.4 is 5.73 Å². The van der Waals surface area contributed by atoms with Gasteiger partial charge >= 0.3 is 0 Å². The van der Waals surface area contributed by atoms with Crippen LogP contribution in [0.4, 0.5) is 0 Å². The largest absolute Gasteiger partial charge is 0.330 e. The van der Waals surface area contributed by atoms with Crippen LogP contribution in [0.5, 0.6) is 0 Å². The summed E-state index contributed by atoms with van der Waals surface area (Å²) in [6.45, 7) is 0.812. The number of hydrogen-bond acceptors (Lipinski definition) is 2. The molecular formula is C15H21NS. The fourth-order valence-corrected chi connectivity index (χ4v) is 4.01. The molecule has 1 aliphatic heterocycles. The molecule has 1 aromatic carbocycles. The van der Waals surface area contributed by atoms with Crippen molar-refractivity contribution in [2.75, 3.05) is 18.1 Å². The van der Waals surface area contributed by atoms with Gasteiger partial charge in [0.1, 0.15) is 0 Å². The molecule has 0 unspecified atom stereocenters. The molecule has 1 nitrogen and oxygen atoms in total. The standard InChI is InChI=1S/C15H21NS/c16-11-15(7-8-15)14-3-1-12(2-4-14)13-5-9-17-10-6-13/h1-4,13H,5-11,16H2. The number of benzene rings is 1. The normalized spacial score (nSPS) is 23.6. The third-order valence-corrected chi connectivity index (χ3v) is 5.51. The summed E-state index contributed by atoms with van der Waals surface area (Å²) in [5, 5.41) is 0. The van der Waals surface area contributed by atoms with Crippen LogP contribution in [0, 0.1) is 0 Å². The van der Waals surface area contributed by atoms with E-state index in [1.165, 1.54) is 42.8 Å². The lowest BCUT2D eigenvalue weighted by Gasteiger charge is -2.22. The highest BCUT2D eigenvalue weighted by Gasteiger charge is 2.42. The molecule has 2 aliphatic rings. The molecule has 0 bridgehead atoms. The topological polar surface area (TPSA) is 26.0 Å². The van der Waals surface area contributed by atoms with Crippen molar-refractivity contribution in [2.45, 2.75) is 37.0 Å². The highest BCUT2D eigenvalue weighted by atomic mass is 32.2. The molecule has 17 heavy (non-hydrogen) atoms. The Hall–Kier alpha value is -0.470. The molecule has 1 saturated heterocycles. The summed E-state index contributed by atoms with van der Waals surface area (Å²) in [7, 11) is 0. The van der Waals surface area contributed by atoms with Crippen molar-refractivity contribution in [1.82, 2.24) is 0 Å². The van der Waals surface area contributed by atoms with Gasteiger partial charge in [-0.3, -0.25) is 0 Å². The molecular weight excluding hydrogens is 226 g/mol. The summed E-state index contributed by atoms with van der Waals surface area (Å²) in [6, 6.07) is 9.37. The molecule has 1 aromatic rings. The van der Waals surface area contributed by atoms with Gasteiger partial charge in [0.15, 0.2) is 0 Å². The molecule has 2 fully saturated rings. The Morgan fingerprint density at radius 1 is 1.12 bits per heavy atom. The smallest absolute Gasteiger partial charge is 0.00762 e. The molecule has 0 aromatic heterocycles. The van der Waals surface area contributed by atoms with E-state index in [9.17, 15) is 0 Å².